The predicted octanol–water partition coefficient (Wildman–Crippen LogP) is 4.87. The number of aliphatic carboxylic acids is 1. The summed E-state index contributed by atoms with van der Waals surface area (Å²) in [6.45, 7) is 2.01. The van der Waals surface area contributed by atoms with Crippen LogP contribution in [0.4, 0.5) is 17.1 Å². The Morgan fingerprint density at radius 2 is 1.43 bits per heavy atom. The summed E-state index contributed by atoms with van der Waals surface area (Å²) in [5.41, 5.74) is 3.22. The molecule has 1 saturated carbocycles. The minimum absolute atomic E-state index is 0.00804. The van der Waals surface area contributed by atoms with Gasteiger partial charge in [-0.15, -0.1) is 0 Å². The molecule has 1 amide bonds. The number of nitrogens with zero attached hydrogens (tertiary/aromatic N) is 2. The molecule has 0 radical (unpaired) electrons. The van der Waals surface area contributed by atoms with Gasteiger partial charge in [0, 0.05) is 5.69 Å². The van der Waals surface area contributed by atoms with Gasteiger partial charge < -0.3 is 10.4 Å². The first-order valence-electron chi connectivity index (χ1n) is 9.32. The van der Waals surface area contributed by atoms with E-state index in [2.05, 4.69) is 15.5 Å². The van der Waals surface area contributed by atoms with Crippen molar-refractivity contribution in [1.29, 1.82) is 0 Å². The second-order valence-corrected chi connectivity index (χ2v) is 7.41. The van der Waals surface area contributed by atoms with Gasteiger partial charge in [0.05, 0.1) is 23.2 Å². The maximum Gasteiger partial charge on any atom is 0.307 e. The highest BCUT2D eigenvalue weighted by Crippen LogP contribution is 2.48. The lowest BCUT2D eigenvalue weighted by Crippen LogP contribution is -2.36. The summed E-state index contributed by atoms with van der Waals surface area (Å²) in [5, 5.41) is 20.7. The third kappa shape index (κ3) is 3.58. The number of carboxylic acid groups (broad SMARTS) is 1. The van der Waals surface area contributed by atoms with Gasteiger partial charge in [0.25, 0.3) is 0 Å². The lowest BCUT2D eigenvalue weighted by molar-refractivity contribution is -0.146. The summed E-state index contributed by atoms with van der Waals surface area (Å²) < 4.78 is 0. The van der Waals surface area contributed by atoms with Crippen molar-refractivity contribution in [2.75, 3.05) is 5.32 Å². The second kappa shape index (κ2) is 7.38. The zero-order valence-corrected chi connectivity index (χ0v) is 15.4. The van der Waals surface area contributed by atoms with Crippen LogP contribution in [0.2, 0.25) is 0 Å². The molecule has 2 aromatic rings. The van der Waals surface area contributed by atoms with Crippen molar-refractivity contribution in [2.24, 2.45) is 33.9 Å². The Morgan fingerprint density at radius 1 is 0.893 bits per heavy atom. The van der Waals surface area contributed by atoms with Gasteiger partial charge in [0.1, 0.15) is 0 Å². The minimum atomic E-state index is -0.899. The van der Waals surface area contributed by atoms with E-state index in [1.54, 1.807) is 24.3 Å². The molecule has 0 heterocycles. The molecule has 4 atom stereocenters. The highest BCUT2D eigenvalue weighted by molar-refractivity contribution is 5.96. The third-order valence-electron chi connectivity index (χ3n) is 5.50. The van der Waals surface area contributed by atoms with Crippen LogP contribution in [0.5, 0.6) is 0 Å². The van der Waals surface area contributed by atoms with Gasteiger partial charge in [-0.3, -0.25) is 9.59 Å². The zero-order valence-electron chi connectivity index (χ0n) is 15.4. The van der Waals surface area contributed by atoms with E-state index in [4.69, 9.17) is 0 Å². The van der Waals surface area contributed by atoms with Gasteiger partial charge in [0.2, 0.25) is 5.91 Å². The fraction of sp³-hybridized carbons (Fsp3) is 0.273. The largest absolute Gasteiger partial charge is 0.481 e. The van der Waals surface area contributed by atoms with E-state index in [1.807, 2.05) is 43.3 Å². The van der Waals surface area contributed by atoms with E-state index >= 15 is 0 Å². The molecule has 0 spiro atoms. The number of azo groups is 1. The van der Waals surface area contributed by atoms with Crippen LogP contribution in [0, 0.1) is 30.6 Å². The Morgan fingerprint density at radius 3 is 2.00 bits per heavy atom. The number of carbonyl (C=O) groups is 2. The summed E-state index contributed by atoms with van der Waals surface area (Å²) in [7, 11) is 0. The van der Waals surface area contributed by atoms with Gasteiger partial charge in [0.15, 0.2) is 0 Å². The number of carboxylic acids is 1. The molecule has 0 aromatic heterocycles. The number of hydrogen-bond acceptors (Lipinski definition) is 4. The SMILES string of the molecule is Cc1ccc(N=Nc2ccc(NC(=O)[C@H]3[C@@H](C(=O)O)[C@H]4C=C[C@H]3C4)cc2)cc1. The van der Waals surface area contributed by atoms with E-state index in [0.29, 0.717) is 11.4 Å². The molecule has 0 unspecified atom stereocenters. The van der Waals surface area contributed by atoms with E-state index in [1.165, 1.54) is 0 Å². The molecule has 2 aliphatic rings. The van der Waals surface area contributed by atoms with E-state index in [0.717, 1.165) is 17.7 Å². The van der Waals surface area contributed by atoms with Crippen molar-refractivity contribution >= 4 is 28.9 Å². The van der Waals surface area contributed by atoms with E-state index in [-0.39, 0.29) is 17.7 Å². The highest BCUT2D eigenvalue weighted by Gasteiger charge is 2.51. The molecule has 6 heteroatoms. The lowest BCUT2D eigenvalue weighted by atomic mass is 9.82. The van der Waals surface area contributed by atoms with Gasteiger partial charge >= 0.3 is 5.97 Å². The number of allylic oxidation sites excluding steroid dienone is 2. The Labute approximate surface area is 163 Å². The molecule has 6 nitrogen and oxygen atoms in total. The summed E-state index contributed by atoms with van der Waals surface area (Å²) in [5.74, 6) is -2.33. The van der Waals surface area contributed by atoms with Crippen molar-refractivity contribution in [3.8, 4) is 0 Å². The second-order valence-electron chi connectivity index (χ2n) is 7.41. The van der Waals surface area contributed by atoms with Crippen LogP contribution in [-0.2, 0) is 9.59 Å². The number of aryl methyl sites for hydroxylation is 1. The smallest absolute Gasteiger partial charge is 0.307 e. The average Bonchev–Trinajstić information content (AvgIpc) is 3.30. The number of hydrogen-bond donors (Lipinski definition) is 2. The molecule has 2 aromatic carbocycles. The first-order chi connectivity index (χ1) is 13.5. The van der Waals surface area contributed by atoms with Crippen LogP contribution in [0.1, 0.15) is 12.0 Å². The van der Waals surface area contributed by atoms with Gasteiger partial charge in [-0.2, -0.15) is 10.2 Å². The lowest BCUT2D eigenvalue weighted by Gasteiger charge is -2.23. The highest BCUT2D eigenvalue weighted by atomic mass is 16.4. The Bertz CT molecular complexity index is 948. The van der Waals surface area contributed by atoms with Crippen LogP contribution in [0.25, 0.3) is 0 Å². The summed E-state index contributed by atoms with van der Waals surface area (Å²) in [6.07, 6.45) is 4.65. The molecular formula is C22H21N3O3. The Kier molecular flexibility index (Phi) is 4.77. The number of rotatable bonds is 5. The molecular weight excluding hydrogens is 354 g/mol. The number of anilines is 1. The zero-order chi connectivity index (χ0) is 19.7. The molecule has 28 heavy (non-hydrogen) atoms. The van der Waals surface area contributed by atoms with Crippen LogP contribution in [0.3, 0.4) is 0 Å². The molecule has 0 saturated heterocycles. The van der Waals surface area contributed by atoms with Crippen molar-refractivity contribution in [3.63, 3.8) is 0 Å². The van der Waals surface area contributed by atoms with E-state index in [9.17, 15) is 14.7 Å². The number of nitrogens with one attached hydrogen (secondary N) is 1. The van der Waals surface area contributed by atoms with Crippen LogP contribution in [-0.4, -0.2) is 17.0 Å². The van der Waals surface area contributed by atoms with Gasteiger partial charge in [-0.25, -0.2) is 0 Å². The quantitative estimate of drug-likeness (QED) is 0.577. The third-order valence-corrected chi connectivity index (χ3v) is 5.50. The number of benzene rings is 2. The van der Waals surface area contributed by atoms with Gasteiger partial charge in [-0.05, 0) is 61.6 Å². The summed E-state index contributed by atoms with van der Waals surface area (Å²) >= 11 is 0. The maximum atomic E-state index is 12.7. The Hall–Kier alpha value is -3.28. The van der Waals surface area contributed by atoms with Crippen LogP contribution in [0.15, 0.2) is 70.9 Å². The fourth-order valence-electron chi connectivity index (χ4n) is 4.08. The monoisotopic (exact) mass is 375 g/mol. The topological polar surface area (TPSA) is 91.1 Å². The van der Waals surface area contributed by atoms with Crippen LogP contribution >= 0.6 is 0 Å². The normalized spacial score (nSPS) is 25.3. The van der Waals surface area contributed by atoms with Crippen molar-refractivity contribution < 1.29 is 14.7 Å². The molecule has 2 bridgehead atoms. The molecule has 4 rings (SSSR count). The number of amides is 1. The fourth-order valence-corrected chi connectivity index (χ4v) is 4.08. The number of fused-ring (bicyclic) bond motifs is 2. The van der Waals surface area contributed by atoms with Crippen LogP contribution < -0.4 is 5.32 Å². The molecule has 2 N–H and O–H groups in total. The predicted molar refractivity (Wildman–Crippen MR) is 106 cm³/mol. The van der Waals surface area contributed by atoms with Gasteiger partial charge in [-0.1, -0.05) is 29.8 Å². The first kappa shape index (κ1) is 18.1. The average molecular weight is 375 g/mol. The maximum absolute atomic E-state index is 12.7. The molecule has 0 aliphatic heterocycles. The standard InChI is InChI=1S/C22H21N3O3/c1-13-2-6-17(7-3-13)24-25-18-10-8-16(9-11-18)23-21(26)19-14-4-5-15(12-14)20(19)22(27)28/h2-11,14-15,19-20H,12H2,1H3,(H,23,26)(H,27,28)/t14-,15-,19+,20-/m0/s1. The first-order valence-corrected chi connectivity index (χ1v) is 9.32. The van der Waals surface area contributed by atoms with Crippen molar-refractivity contribution in [2.45, 2.75) is 13.3 Å². The minimum Gasteiger partial charge on any atom is -0.481 e. The summed E-state index contributed by atoms with van der Waals surface area (Å²) in [4.78, 5) is 24.3. The molecule has 142 valence electrons. The Balaban J connectivity index is 1.42. The van der Waals surface area contributed by atoms with E-state index < -0.39 is 17.8 Å². The number of carbonyl (C=O) groups excluding carboxylic acids is 1. The van der Waals surface area contributed by atoms with Crippen molar-refractivity contribution in [1.82, 2.24) is 0 Å². The molecule has 2 aliphatic carbocycles. The summed E-state index contributed by atoms with van der Waals surface area (Å²) in [6, 6.07) is 14.8. The molecule has 1 fully saturated rings. The van der Waals surface area contributed by atoms with Crippen molar-refractivity contribution in [3.05, 3.63) is 66.2 Å².